The minimum atomic E-state index is -0.415. The van der Waals surface area contributed by atoms with Gasteiger partial charge in [0, 0.05) is 29.0 Å². The largest absolute Gasteiger partial charge is 0.508 e. The molecule has 0 amide bonds. The van der Waals surface area contributed by atoms with Gasteiger partial charge in [0.2, 0.25) is 0 Å². The van der Waals surface area contributed by atoms with Crippen LogP contribution in [0.4, 0.5) is 0 Å². The minimum Gasteiger partial charge on any atom is -0.508 e. The lowest BCUT2D eigenvalue weighted by molar-refractivity contribution is 0.473. The van der Waals surface area contributed by atoms with E-state index in [0.717, 1.165) is 31.3 Å². The number of nitrogens with zero attached hydrogens (tertiary/aromatic N) is 2. The van der Waals surface area contributed by atoms with E-state index in [4.69, 9.17) is 4.42 Å². The number of hydrogen-bond acceptors (Lipinski definition) is 8. The first kappa shape index (κ1) is 16.0. The van der Waals surface area contributed by atoms with Gasteiger partial charge in [-0.05, 0) is 36.5 Å². The Morgan fingerprint density at radius 2 is 2.00 bits per heavy atom. The van der Waals surface area contributed by atoms with Crippen molar-refractivity contribution in [2.24, 2.45) is 5.92 Å². The molecule has 24 heavy (non-hydrogen) atoms. The molecule has 1 saturated carbocycles. The highest BCUT2D eigenvalue weighted by Crippen LogP contribution is 2.37. The average Bonchev–Trinajstić information content (AvgIpc) is 3.28. The standard InChI is InChI=1S/C16H14N2O3S3/c19-11-3-4-12-10(5-14(20)21-13(12)6-11)8-23-16-18-17-15(24-16)22-7-9-1-2-9/h3-6,9,19H,1-2,7-8H2. The van der Waals surface area contributed by atoms with Crippen molar-refractivity contribution in [2.45, 2.75) is 27.3 Å². The van der Waals surface area contributed by atoms with Gasteiger partial charge in [-0.2, -0.15) is 0 Å². The van der Waals surface area contributed by atoms with E-state index < -0.39 is 5.63 Å². The molecule has 1 N–H and O–H groups in total. The van der Waals surface area contributed by atoms with Crippen molar-refractivity contribution in [1.29, 1.82) is 0 Å². The molecule has 0 spiro atoms. The summed E-state index contributed by atoms with van der Waals surface area (Å²) in [6.45, 7) is 0. The summed E-state index contributed by atoms with van der Waals surface area (Å²) in [6.07, 6.45) is 2.68. The molecule has 1 aromatic carbocycles. The Kier molecular flexibility index (Phi) is 4.51. The predicted molar refractivity (Wildman–Crippen MR) is 97.1 cm³/mol. The average molecular weight is 379 g/mol. The highest BCUT2D eigenvalue weighted by molar-refractivity contribution is 8.02. The number of phenols is 1. The molecule has 5 nitrogen and oxygen atoms in total. The van der Waals surface area contributed by atoms with Crippen LogP contribution in [0.3, 0.4) is 0 Å². The fraction of sp³-hybridized carbons (Fsp3) is 0.312. The second kappa shape index (κ2) is 6.78. The van der Waals surface area contributed by atoms with Gasteiger partial charge in [0.1, 0.15) is 11.3 Å². The number of phenolic OH excluding ortho intramolecular Hbond substituents is 1. The Hall–Kier alpha value is -1.51. The lowest BCUT2D eigenvalue weighted by atomic mass is 10.1. The van der Waals surface area contributed by atoms with Crippen molar-refractivity contribution in [1.82, 2.24) is 10.2 Å². The first-order valence-corrected chi connectivity index (χ1v) is 10.3. The van der Waals surface area contributed by atoms with Crippen LogP contribution in [-0.2, 0) is 5.75 Å². The quantitative estimate of drug-likeness (QED) is 0.510. The number of benzene rings is 1. The van der Waals surface area contributed by atoms with Crippen LogP contribution in [0.1, 0.15) is 18.4 Å². The van der Waals surface area contributed by atoms with E-state index in [-0.39, 0.29) is 5.75 Å². The molecule has 1 aliphatic rings. The van der Waals surface area contributed by atoms with Gasteiger partial charge in [0.15, 0.2) is 8.68 Å². The second-order valence-electron chi connectivity index (χ2n) is 5.65. The number of rotatable bonds is 6. The topological polar surface area (TPSA) is 76.2 Å². The molecular weight excluding hydrogens is 364 g/mol. The number of thioether (sulfide) groups is 2. The van der Waals surface area contributed by atoms with Gasteiger partial charge in [-0.15, -0.1) is 10.2 Å². The molecule has 0 aliphatic heterocycles. The van der Waals surface area contributed by atoms with E-state index >= 15 is 0 Å². The van der Waals surface area contributed by atoms with Crippen LogP contribution in [0.2, 0.25) is 0 Å². The number of hydrogen-bond donors (Lipinski definition) is 1. The van der Waals surface area contributed by atoms with Crippen molar-refractivity contribution in [3.05, 3.63) is 40.2 Å². The summed E-state index contributed by atoms with van der Waals surface area (Å²) in [7, 11) is 0. The molecule has 2 heterocycles. The van der Waals surface area contributed by atoms with Crippen LogP contribution >= 0.6 is 34.9 Å². The third-order valence-corrected chi connectivity index (χ3v) is 7.16. The maximum Gasteiger partial charge on any atom is 0.336 e. The van der Waals surface area contributed by atoms with Gasteiger partial charge < -0.3 is 9.52 Å². The van der Waals surface area contributed by atoms with Crippen molar-refractivity contribution < 1.29 is 9.52 Å². The van der Waals surface area contributed by atoms with Crippen LogP contribution in [0.25, 0.3) is 11.0 Å². The van der Waals surface area contributed by atoms with E-state index in [1.165, 1.54) is 25.0 Å². The van der Waals surface area contributed by atoms with Gasteiger partial charge in [0.25, 0.3) is 0 Å². The van der Waals surface area contributed by atoms with E-state index in [2.05, 4.69) is 10.2 Å². The third kappa shape index (κ3) is 3.76. The first-order chi connectivity index (χ1) is 11.7. The second-order valence-corrected chi connectivity index (χ2v) is 9.12. The highest BCUT2D eigenvalue weighted by Gasteiger charge is 2.22. The molecular formula is C16H14N2O3S3. The van der Waals surface area contributed by atoms with Crippen molar-refractivity contribution in [3.63, 3.8) is 0 Å². The third-order valence-electron chi connectivity index (χ3n) is 3.69. The van der Waals surface area contributed by atoms with E-state index in [1.807, 2.05) is 0 Å². The SMILES string of the molecule is O=c1cc(CSc2nnc(SCC3CC3)s2)c2ccc(O)cc2o1. The zero-order valence-electron chi connectivity index (χ0n) is 12.6. The highest BCUT2D eigenvalue weighted by atomic mass is 32.2. The van der Waals surface area contributed by atoms with Gasteiger partial charge in [-0.3, -0.25) is 0 Å². The summed E-state index contributed by atoms with van der Waals surface area (Å²) in [6, 6.07) is 6.31. The van der Waals surface area contributed by atoms with Crippen LogP contribution < -0.4 is 5.63 Å². The molecule has 0 bridgehead atoms. The maximum atomic E-state index is 11.7. The molecule has 1 fully saturated rings. The summed E-state index contributed by atoms with van der Waals surface area (Å²) in [4.78, 5) is 11.7. The minimum absolute atomic E-state index is 0.0805. The van der Waals surface area contributed by atoms with Crippen LogP contribution in [-0.4, -0.2) is 21.1 Å². The van der Waals surface area contributed by atoms with Crippen molar-refractivity contribution in [2.75, 3.05) is 5.75 Å². The van der Waals surface area contributed by atoms with E-state index in [9.17, 15) is 9.90 Å². The first-order valence-electron chi connectivity index (χ1n) is 7.52. The van der Waals surface area contributed by atoms with Crippen molar-refractivity contribution >= 4 is 45.8 Å². The molecule has 0 unspecified atom stereocenters. The summed E-state index contributed by atoms with van der Waals surface area (Å²) in [5.74, 6) is 2.68. The Morgan fingerprint density at radius 1 is 1.21 bits per heavy atom. The van der Waals surface area contributed by atoms with Crippen LogP contribution in [0.15, 0.2) is 42.2 Å². The smallest absolute Gasteiger partial charge is 0.336 e. The Bertz CT molecular complexity index is 934. The zero-order chi connectivity index (χ0) is 16.5. The Morgan fingerprint density at radius 3 is 2.79 bits per heavy atom. The summed E-state index contributed by atoms with van der Waals surface area (Å²) in [5, 5.41) is 18.8. The maximum absolute atomic E-state index is 11.7. The number of fused-ring (bicyclic) bond motifs is 1. The van der Waals surface area contributed by atoms with Gasteiger partial charge in [-0.25, -0.2) is 4.79 Å². The normalized spacial score (nSPS) is 14.3. The lowest BCUT2D eigenvalue weighted by Crippen LogP contribution is -1.99. The fourth-order valence-electron chi connectivity index (χ4n) is 2.26. The molecule has 124 valence electrons. The summed E-state index contributed by atoms with van der Waals surface area (Å²) < 4.78 is 7.05. The van der Waals surface area contributed by atoms with Gasteiger partial charge in [-0.1, -0.05) is 34.9 Å². The molecule has 2 aromatic heterocycles. The molecule has 0 atom stereocenters. The van der Waals surface area contributed by atoms with Crippen LogP contribution in [0.5, 0.6) is 5.75 Å². The van der Waals surface area contributed by atoms with Gasteiger partial charge >= 0.3 is 5.63 Å². The van der Waals surface area contributed by atoms with Crippen LogP contribution in [0, 0.1) is 5.92 Å². The lowest BCUT2D eigenvalue weighted by Gasteiger charge is -2.04. The number of aromatic nitrogens is 2. The van der Waals surface area contributed by atoms with Gasteiger partial charge in [0.05, 0.1) is 0 Å². The molecule has 3 aromatic rings. The molecule has 0 radical (unpaired) electrons. The predicted octanol–water partition coefficient (Wildman–Crippen LogP) is 4.14. The summed E-state index contributed by atoms with van der Waals surface area (Å²) >= 11 is 4.94. The summed E-state index contributed by atoms with van der Waals surface area (Å²) in [5.41, 5.74) is 0.853. The molecule has 4 rings (SSSR count). The number of aromatic hydroxyl groups is 1. The monoisotopic (exact) mass is 378 g/mol. The van der Waals surface area contributed by atoms with E-state index in [0.29, 0.717) is 11.3 Å². The molecule has 8 heteroatoms. The Labute approximate surface area is 150 Å². The molecule has 1 aliphatic carbocycles. The molecule has 0 saturated heterocycles. The zero-order valence-corrected chi connectivity index (χ0v) is 15.0. The van der Waals surface area contributed by atoms with Crippen molar-refractivity contribution in [3.8, 4) is 5.75 Å². The fourth-order valence-corrected chi connectivity index (χ4v) is 5.49. The van der Waals surface area contributed by atoms with E-state index in [1.54, 1.807) is 47.0 Å². The Balaban J connectivity index is 1.49.